The summed E-state index contributed by atoms with van der Waals surface area (Å²) in [7, 11) is -0.0374. The molecule has 0 unspecified atom stereocenters. The summed E-state index contributed by atoms with van der Waals surface area (Å²) in [5.41, 5.74) is 0.455. The summed E-state index contributed by atoms with van der Waals surface area (Å²) in [5, 5.41) is 2.96. The van der Waals surface area contributed by atoms with Crippen LogP contribution < -0.4 is 10.0 Å². The number of amides is 1. The first-order valence-corrected chi connectivity index (χ1v) is 8.01. The van der Waals surface area contributed by atoms with Crippen molar-refractivity contribution in [1.29, 1.82) is 0 Å². The van der Waals surface area contributed by atoms with Crippen LogP contribution in [0.4, 0.5) is 0 Å². The maximum atomic E-state index is 12.1. The van der Waals surface area contributed by atoms with E-state index < -0.39 is 10.0 Å². The smallest absolute Gasteiger partial charge is 0.253 e. The first-order chi connectivity index (χ1) is 9.92. The van der Waals surface area contributed by atoms with Gasteiger partial charge in [0.05, 0.1) is 4.90 Å². The Labute approximate surface area is 125 Å². The van der Waals surface area contributed by atoms with Gasteiger partial charge in [-0.05, 0) is 31.3 Å². The number of benzene rings is 1. The van der Waals surface area contributed by atoms with Gasteiger partial charge in [0.25, 0.3) is 5.91 Å². The molecule has 0 bridgehead atoms. The van der Waals surface area contributed by atoms with Gasteiger partial charge in [0, 0.05) is 32.2 Å². The summed E-state index contributed by atoms with van der Waals surface area (Å²) in [6.07, 6.45) is 1.46. The number of sulfonamides is 1. The molecule has 1 aromatic carbocycles. The number of nitrogens with one attached hydrogen (secondary N) is 2. The second-order valence-electron chi connectivity index (χ2n) is 4.50. The zero-order chi connectivity index (χ0) is 15.9. The fourth-order valence-electron chi connectivity index (χ4n) is 1.63. The van der Waals surface area contributed by atoms with E-state index in [9.17, 15) is 13.2 Å². The summed E-state index contributed by atoms with van der Waals surface area (Å²) in [6.45, 7) is 4.89. The Morgan fingerprint density at radius 1 is 1.33 bits per heavy atom. The Morgan fingerprint density at radius 2 is 1.95 bits per heavy atom. The molecule has 116 valence electrons. The second kappa shape index (κ2) is 7.92. The highest BCUT2D eigenvalue weighted by molar-refractivity contribution is 7.89. The number of nitrogens with zero attached hydrogens (tertiary/aromatic N) is 1. The molecular weight excluding hydrogens is 290 g/mol. The van der Waals surface area contributed by atoms with Gasteiger partial charge in [-0.3, -0.25) is 4.79 Å². The summed E-state index contributed by atoms with van der Waals surface area (Å²) >= 11 is 0. The molecule has 0 aliphatic carbocycles. The molecule has 0 saturated carbocycles. The Hall–Kier alpha value is -1.70. The van der Waals surface area contributed by atoms with E-state index in [1.54, 1.807) is 11.9 Å². The predicted molar refractivity (Wildman–Crippen MR) is 82.7 cm³/mol. The van der Waals surface area contributed by atoms with E-state index in [0.717, 1.165) is 0 Å². The van der Waals surface area contributed by atoms with Crippen LogP contribution in [0, 0.1) is 0 Å². The van der Waals surface area contributed by atoms with Gasteiger partial charge in [0.2, 0.25) is 10.0 Å². The lowest BCUT2D eigenvalue weighted by Crippen LogP contribution is -2.32. The van der Waals surface area contributed by atoms with Crippen molar-refractivity contribution in [2.24, 2.45) is 0 Å². The summed E-state index contributed by atoms with van der Waals surface area (Å²) in [4.78, 5) is 13.8. The van der Waals surface area contributed by atoms with Gasteiger partial charge in [-0.15, -0.1) is 6.58 Å². The first kappa shape index (κ1) is 17.4. The van der Waals surface area contributed by atoms with Crippen LogP contribution in [0.5, 0.6) is 0 Å². The molecule has 1 aromatic rings. The maximum absolute atomic E-state index is 12.1. The van der Waals surface area contributed by atoms with Crippen molar-refractivity contribution < 1.29 is 13.2 Å². The first-order valence-electron chi connectivity index (χ1n) is 6.53. The van der Waals surface area contributed by atoms with Crippen molar-refractivity contribution in [3.8, 4) is 0 Å². The molecule has 6 nitrogen and oxygen atoms in total. The van der Waals surface area contributed by atoms with E-state index in [0.29, 0.717) is 18.7 Å². The van der Waals surface area contributed by atoms with Gasteiger partial charge >= 0.3 is 0 Å². The second-order valence-corrected chi connectivity index (χ2v) is 6.26. The minimum Gasteiger partial charge on any atom is -0.340 e. The Balaban J connectivity index is 2.82. The monoisotopic (exact) mass is 311 g/mol. The van der Waals surface area contributed by atoms with E-state index in [-0.39, 0.29) is 17.3 Å². The normalized spacial score (nSPS) is 11.1. The van der Waals surface area contributed by atoms with Crippen molar-refractivity contribution in [3.05, 3.63) is 42.5 Å². The van der Waals surface area contributed by atoms with E-state index in [1.807, 2.05) is 7.05 Å². The Morgan fingerprint density at radius 3 is 2.48 bits per heavy atom. The lowest BCUT2D eigenvalue weighted by Gasteiger charge is -2.17. The molecule has 0 spiro atoms. The third-order valence-electron chi connectivity index (χ3n) is 2.87. The number of likely N-dealkylation sites (N-methyl/N-ethyl adjacent to an activating group) is 2. The fraction of sp³-hybridized carbons (Fsp3) is 0.357. The molecule has 0 atom stereocenters. The Kier molecular flexibility index (Phi) is 6.54. The zero-order valence-electron chi connectivity index (χ0n) is 12.3. The largest absolute Gasteiger partial charge is 0.340 e. The van der Waals surface area contributed by atoms with E-state index in [2.05, 4.69) is 16.6 Å². The average molecular weight is 311 g/mol. The van der Waals surface area contributed by atoms with Gasteiger partial charge in [0.15, 0.2) is 0 Å². The molecule has 0 aliphatic heterocycles. The van der Waals surface area contributed by atoms with E-state index in [4.69, 9.17) is 0 Å². The van der Waals surface area contributed by atoms with Crippen LogP contribution in [0.15, 0.2) is 41.8 Å². The lowest BCUT2D eigenvalue weighted by molar-refractivity contribution is 0.0796. The zero-order valence-corrected chi connectivity index (χ0v) is 13.1. The molecule has 0 fully saturated rings. The standard InChI is InChI=1S/C14H21N3O3S/c1-4-9-16-21(19,20)13-7-5-12(6-8-13)14(18)17(3)11-10-15-2/h4-8,15-16H,1,9-11H2,2-3H3. The molecule has 0 radical (unpaired) electrons. The number of carbonyl (C=O) groups excluding carboxylic acids is 1. The van der Waals surface area contributed by atoms with Gasteiger partial charge in [-0.25, -0.2) is 13.1 Å². The molecule has 7 heteroatoms. The third kappa shape index (κ3) is 4.96. The number of carbonyl (C=O) groups is 1. The Bertz CT molecular complexity index is 582. The predicted octanol–water partition coefficient (Wildman–Crippen LogP) is 0.442. The van der Waals surface area contributed by atoms with Crippen molar-refractivity contribution in [2.45, 2.75) is 4.90 Å². The minimum atomic E-state index is -3.56. The maximum Gasteiger partial charge on any atom is 0.253 e. The average Bonchev–Trinajstić information content (AvgIpc) is 2.50. The molecule has 0 heterocycles. The molecule has 2 N–H and O–H groups in total. The third-order valence-corrected chi connectivity index (χ3v) is 4.31. The van der Waals surface area contributed by atoms with Crippen LogP contribution in [0.3, 0.4) is 0 Å². The molecule has 1 amide bonds. The highest BCUT2D eigenvalue weighted by Crippen LogP contribution is 2.11. The highest BCUT2D eigenvalue weighted by atomic mass is 32.2. The van der Waals surface area contributed by atoms with Gasteiger partial charge in [-0.1, -0.05) is 6.08 Å². The van der Waals surface area contributed by atoms with Crippen LogP contribution in [0.2, 0.25) is 0 Å². The van der Waals surface area contributed by atoms with Crippen LogP contribution in [0.1, 0.15) is 10.4 Å². The highest BCUT2D eigenvalue weighted by Gasteiger charge is 2.15. The fourth-order valence-corrected chi connectivity index (χ4v) is 2.63. The topological polar surface area (TPSA) is 78.5 Å². The number of hydrogen-bond donors (Lipinski definition) is 2. The van der Waals surface area contributed by atoms with Crippen molar-refractivity contribution >= 4 is 15.9 Å². The van der Waals surface area contributed by atoms with Gasteiger partial charge in [0.1, 0.15) is 0 Å². The quantitative estimate of drug-likeness (QED) is 0.683. The summed E-state index contributed by atoms with van der Waals surface area (Å²) in [6, 6.07) is 5.87. The molecule has 0 aliphatic rings. The molecule has 0 saturated heterocycles. The van der Waals surface area contributed by atoms with Gasteiger partial charge in [-0.2, -0.15) is 0 Å². The number of hydrogen-bond acceptors (Lipinski definition) is 4. The van der Waals surface area contributed by atoms with E-state index >= 15 is 0 Å². The summed E-state index contributed by atoms with van der Waals surface area (Å²) in [5.74, 6) is -0.145. The molecule has 21 heavy (non-hydrogen) atoms. The van der Waals surface area contributed by atoms with Crippen LogP contribution >= 0.6 is 0 Å². The minimum absolute atomic E-state index is 0.124. The van der Waals surface area contributed by atoms with Crippen LogP contribution in [-0.4, -0.2) is 53.0 Å². The summed E-state index contributed by atoms with van der Waals surface area (Å²) < 4.78 is 26.1. The lowest BCUT2D eigenvalue weighted by atomic mass is 10.2. The molecule has 1 rings (SSSR count). The van der Waals surface area contributed by atoms with E-state index in [1.165, 1.54) is 30.3 Å². The van der Waals surface area contributed by atoms with Crippen molar-refractivity contribution in [3.63, 3.8) is 0 Å². The van der Waals surface area contributed by atoms with Crippen molar-refractivity contribution in [2.75, 3.05) is 33.7 Å². The van der Waals surface area contributed by atoms with Crippen LogP contribution in [0.25, 0.3) is 0 Å². The molecule has 0 aromatic heterocycles. The van der Waals surface area contributed by atoms with Crippen molar-refractivity contribution in [1.82, 2.24) is 14.9 Å². The molecular formula is C14H21N3O3S. The SMILES string of the molecule is C=CCNS(=O)(=O)c1ccc(C(=O)N(C)CCNC)cc1. The van der Waals surface area contributed by atoms with Crippen LogP contribution in [-0.2, 0) is 10.0 Å². The van der Waals surface area contributed by atoms with Gasteiger partial charge < -0.3 is 10.2 Å². The number of rotatable bonds is 8.